The lowest BCUT2D eigenvalue weighted by Crippen LogP contribution is -2.37. The maximum Gasteiger partial charge on any atom is 0.251 e. The van der Waals surface area contributed by atoms with Crippen LogP contribution in [0.4, 0.5) is 5.69 Å². The number of rotatable bonds is 6. The number of amides is 1. The molecule has 1 saturated heterocycles. The van der Waals surface area contributed by atoms with Crippen molar-refractivity contribution in [3.05, 3.63) is 59.7 Å². The average Bonchev–Trinajstić information content (AvgIpc) is 3.34. The molecule has 0 aromatic heterocycles. The van der Waals surface area contributed by atoms with E-state index in [0.717, 1.165) is 30.9 Å². The van der Waals surface area contributed by atoms with E-state index in [0.29, 0.717) is 25.3 Å². The molecule has 0 unspecified atom stereocenters. The molecular weight excluding hydrogens is 364 g/mol. The molecule has 154 valence electrons. The predicted molar refractivity (Wildman–Crippen MR) is 115 cm³/mol. The van der Waals surface area contributed by atoms with Crippen LogP contribution in [0, 0.1) is 5.41 Å². The van der Waals surface area contributed by atoms with Gasteiger partial charge in [-0.1, -0.05) is 44.2 Å². The van der Waals surface area contributed by atoms with Gasteiger partial charge in [0.1, 0.15) is 5.75 Å². The van der Waals surface area contributed by atoms with Gasteiger partial charge in [-0.25, -0.2) is 0 Å². The van der Waals surface area contributed by atoms with Gasteiger partial charge < -0.3 is 19.7 Å². The van der Waals surface area contributed by atoms with Crippen molar-refractivity contribution in [1.82, 2.24) is 5.32 Å². The van der Waals surface area contributed by atoms with E-state index in [1.54, 1.807) is 7.11 Å². The summed E-state index contributed by atoms with van der Waals surface area (Å²) in [7, 11) is 1.66. The molecule has 0 bridgehead atoms. The summed E-state index contributed by atoms with van der Waals surface area (Å²) in [5.74, 6) is 0.743. The minimum atomic E-state index is -0.0415. The Morgan fingerprint density at radius 1 is 1.14 bits per heavy atom. The van der Waals surface area contributed by atoms with E-state index in [-0.39, 0.29) is 16.7 Å². The van der Waals surface area contributed by atoms with E-state index in [1.165, 1.54) is 5.56 Å². The number of anilines is 1. The van der Waals surface area contributed by atoms with Gasteiger partial charge in [0.15, 0.2) is 0 Å². The maximum atomic E-state index is 13.0. The van der Waals surface area contributed by atoms with E-state index in [2.05, 4.69) is 48.3 Å². The summed E-state index contributed by atoms with van der Waals surface area (Å²) in [6.45, 7) is 8.16. The summed E-state index contributed by atoms with van der Waals surface area (Å²) in [5.41, 5.74) is 3.10. The van der Waals surface area contributed by atoms with Crippen LogP contribution in [0.3, 0.4) is 0 Å². The molecule has 1 atom stereocenters. The molecule has 2 aromatic carbocycles. The first kappa shape index (κ1) is 19.8. The Bertz CT molecular complexity index is 875. The van der Waals surface area contributed by atoms with Crippen molar-refractivity contribution in [3.8, 4) is 5.75 Å². The van der Waals surface area contributed by atoms with Gasteiger partial charge in [-0.2, -0.15) is 0 Å². The zero-order valence-corrected chi connectivity index (χ0v) is 17.5. The van der Waals surface area contributed by atoms with Crippen LogP contribution in [0.2, 0.25) is 0 Å². The van der Waals surface area contributed by atoms with Crippen LogP contribution in [0.25, 0.3) is 0 Å². The fourth-order valence-corrected chi connectivity index (χ4v) is 4.58. The fraction of sp³-hybridized carbons (Fsp3) is 0.458. The Kier molecular flexibility index (Phi) is 5.26. The van der Waals surface area contributed by atoms with Gasteiger partial charge in [0.25, 0.3) is 5.91 Å². The molecular formula is C24H30N2O3. The number of ether oxygens (including phenoxy) is 2. The molecule has 0 radical (unpaired) electrons. The van der Waals surface area contributed by atoms with E-state index in [9.17, 15) is 4.79 Å². The zero-order valence-electron chi connectivity index (χ0n) is 17.5. The summed E-state index contributed by atoms with van der Waals surface area (Å²) in [6.07, 6.45) is 1.08. The molecule has 1 heterocycles. The monoisotopic (exact) mass is 394 g/mol. The lowest BCUT2D eigenvalue weighted by atomic mass is 9.87. The normalized spacial score (nSPS) is 22.8. The molecule has 1 aliphatic carbocycles. The topological polar surface area (TPSA) is 50.8 Å². The number of carbonyl (C=O) groups excluding carboxylic acids is 1. The van der Waals surface area contributed by atoms with Gasteiger partial charge in [0, 0.05) is 30.6 Å². The highest BCUT2D eigenvalue weighted by molar-refractivity contribution is 5.95. The van der Waals surface area contributed by atoms with Gasteiger partial charge >= 0.3 is 0 Å². The molecule has 2 aromatic rings. The van der Waals surface area contributed by atoms with Crippen molar-refractivity contribution in [1.29, 1.82) is 0 Å². The minimum Gasteiger partial charge on any atom is -0.495 e. The largest absolute Gasteiger partial charge is 0.495 e. The lowest BCUT2D eigenvalue weighted by molar-refractivity contribution is 0.0948. The third-order valence-corrected chi connectivity index (χ3v) is 6.58. The van der Waals surface area contributed by atoms with Crippen molar-refractivity contribution in [2.45, 2.75) is 25.7 Å². The number of morpholine rings is 1. The van der Waals surface area contributed by atoms with Crippen LogP contribution in [0.5, 0.6) is 5.75 Å². The average molecular weight is 395 g/mol. The summed E-state index contributed by atoms with van der Waals surface area (Å²) in [5, 5.41) is 3.20. The first-order valence-electron chi connectivity index (χ1n) is 10.3. The Labute approximate surface area is 173 Å². The first-order valence-corrected chi connectivity index (χ1v) is 10.3. The van der Waals surface area contributed by atoms with E-state index in [1.807, 2.05) is 24.3 Å². The second-order valence-electron chi connectivity index (χ2n) is 8.68. The predicted octanol–water partition coefficient (Wildman–Crippen LogP) is 3.63. The summed E-state index contributed by atoms with van der Waals surface area (Å²) in [6, 6.07) is 16.2. The highest BCUT2D eigenvalue weighted by Crippen LogP contribution is 2.63. The summed E-state index contributed by atoms with van der Waals surface area (Å²) < 4.78 is 11.0. The molecule has 1 aliphatic heterocycles. The number of benzene rings is 2. The van der Waals surface area contributed by atoms with Crippen molar-refractivity contribution >= 4 is 11.6 Å². The third-order valence-electron chi connectivity index (χ3n) is 6.58. The maximum absolute atomic E-state index is 13.0. The molecule has 2 fully saturated rings. The smallest absolute Gasteiger partial charge is 0.251 e. The third kappa shape index (κ3) is 3.71. The number of hydrogen-bond donors (Lipinski definition) is 1. The fourth-order valence-electron chi connectivity index (χ4n) is 4.58. The molecule has 29 heavy (non-hydrogen) atoms. The van der Waals surface area contributed by atoms with Crippen LogP contribution >= 0.6 is 0 Å². The van der Waals surface area contributed by atoms with Crippen molar-refractivity contribution in [2.24, 2.45) is 5.41 Å². The molecule has 5 heteroatoms. The molecule has 2 aliphatic rings. The number of hydrogen-bond acceptors (Lipinski definition) is 4. The Hall–Kier alpha value is -2.53. The molecule has 1 amide bonds. The quantitative estimate of drug-likeness (QED) is 0.813. The van der Waals surface area contributed by atoms with E-state index >= 15 is 0 Å². The molecule has 4 rings (SSSR count). The van der Waals surface area contributed by atoms with Crippen LogP contribution in [0.1, 0.15) is 36.2 Å². The van der Waals surface area contributed by atoms with Crippen molar-refractivity contribution < 1.29 is 14.3 Å². The van der Waals surface area contributed by atoms with Crippen LogP contribution < -0.4 is 15.0 Å². The van der Waals surface area contributed by atoms with Gasteiger partial charge in [-0.15, -0.1) is 0 Å². The van der Waals surface area contributed by atoms with Crippen molar-refractivity contribution in [2.75, 3.05) is 44.9 Å². The molecule has 1 saturated carbocycles. The van der Waals surface area contributed by atoms with Gasteiger partial charge in [0.2, 0.25) is 0 Å². The van der Waals surface area contributed by atoms with Crippen molar-refractivity contribution in [3.63, 3.8) is 0 Å². The number of carbonyl (C=O) groups is 1. The van der Waals surface area contributed by atoms with E-state index in [4.69, 9.17) is 9.47 Å². The number of methoxy groups -OCH3 is 1. The second kappa shape index (κ2) is 7.71. The lowest BCUT2D eigenvalue weighted by Gasteiger charge is -2.30. The van der Waals surface area contributed by atoms with E-state index < -0.39 is 0 Å². The van der Waals surface area contributed by atoms with Crippen LogP contribution in [-0.2, 0) is 10.2 Å². The SMILES string of the molecule is COc1ccc(C(=O)NC[C@]2(c3ccccc3)CC2(C)C)cc1N1CCOCC1. The Morgan fingerprint density at radius 3 is 2.45 bits per heavy atom. The standard InChI is InChI=1S/C24H30N2O3/c1-23(2)16-24(23,19-7-5-4-6-8-19)17-25-22(27)18-9-10-21(28-3)20(15-18)26-11-13-29-14-12-26/h4-10,15H,11-14,16-17H2,1-3H3,(H,25,27)/t24-/m0/s1. The molecule has 5 nitrogen and oxygen atoms in total. The summed E-state index contributed by atoms with van der Waals surface area (Å²) in [4.78, 5) is 15.2. The molecule has 0 spiro atoms. The van der Waals surface area contributed by atoms with Gasteiger partial charge in [-0.05, 0) is 35.6 Å². The minimum absolute atomic E-state index is 0.00340. The number of nitrogens with zero attached hydrogens (tertiary/aromatic N) is 1. The molecule has 1 N–H and O–H groups in total. The van der Waals surface area contributed by atoms with Gasteiger partial charge in [-0.3, -0.25) is 4.79 Å². The highest BCUT2D eigenvalue weighted by atomic mass is 16.5. The van der Waals surface area contributed by atoms with Crippen LogP contribution in [-0.4, -0.2) is 45.9 Å². The Morgan fingerprint density at radius 2 is 1.83 bits per heavy atom. The summed E-state index contributed by atoms with van der Waals surface area (Å²) >= 11 is 0. The zero-order chi connectivity index (χ0) is 20.5. The number of nitrogens with one attached hydrogen (secondary N) is 1. The Balaban J connectivity index is 1.51. The van der Waals surface area contributed by atoms with Crippen LogP contribution in [0.15, 0.2) is 48.5 Å². The highest BCUT2D eigenvalue weighted by Gasteiger charge is 2.61. The van der Waals surface area contributed by atoms with Gasteiger partial charge in [0.05, 0.1) is 26.0 Å². The first-order chi connectivity index (χ1) is 14.0. The second-order valence-corrected chi connectivity index (χ2v) is 8.68.